The van der Waals surface area contributed by atoms with Crippen molar-refractivity contribution in [1.82, 2.24) is 4.98 Å². The van der Waals surface area contributed by atoms with Crippen molar-refractivity contribution in [2.75, 3.05) is 5.32 Å². The monoisotopic (exact) mass is 305 g/mol. The van der Waals surface area contributed by atoms with Crippen LogP contribution in [0, 0.1) is 5.92 Å². The first-order valence-corrected chi connectivity index (χ1v) is 7.61. The van der Waals surface area contributed by atoms with E-state index in [0.29, 0.717) is 11.4 Å². The van der Waals surface area contributed by atoms with Gasteiger partial charge in [-0.15, -0.1) is 11.3 Å². The van der Waals surface area contributed by atoms with Gasteiger partial charge in [0.25, 0.3) is 0 Å². The fourth-order valence-electron chi connectivity index (χ4n) is 1.85. The molecule has 5 nitrogen and oxygen atoms in total. The molecule has 112 valence electrons. The van der Waals surface area contributed by atoms with Gasteiger partial charge in [-0.3, -0.25) is 4.79 Å². The minimum Gasteiger partial charge on any atom is -0.383 e. The standard InChI is InChI=1S/C15H19N3O2S/c1-9(2)12(16)15(20)18-14-10(5-3-7-17-14)13(19)11-6-4-8-21-11/h3-9,12-13,19H,16H2,1-2H3,(H,17,18,20)/t12-,13?/m0/s1. The lowest BCUT2D eigenvalue weighted by atomic mass is 10.0. The zero-order chi connectivity index (χ0) is 15.4. The fourth-order valence-corrected chi connectivity index (χ4v) is 2.57. The van der Waals surface area contributed by atoms with E-state index >= 15 is 0 Å². The third-order valence-electron chi connectivity index (χ3n) is 3.21. The number of carbonyl (C=O) groups excluding carboxylic acids is 1. The SMILES string of the molecule is CC(C)[C@H](N)C(=O)Nc1ncccc1C(O)c1cccs1. The number of amides is 1. The van der Waals surface area contributed by atoms with Crippen molar-refractivity contribution in [3.63, 3.8) is 0 Å². The van der Waals surface area contributed by atoms with Crippen LogP contribution in [0.25, 0.3) is 0 Å². The summed E-state index contributed by atoms with van der Waals surface area (Å²) in [4.78, 5) is 17.0. The average Bonchev–Trinajstić information content (AvgIpc) is 3.00. The van der Waals surface area contributed by atoms with E-state index in [4.69, 9.17) is 5.73 Å². The predicted molar refractivity (Wildman–Crippen MR) is 84.1 cm³/mol. The number of aliphatic hydroxyl groups excluding tert-OH is 1. The smallest absolute Gasteiger partial charge is 0.242 e. The molecular formula is C15H19N3O2S. The third kappa shape index (κ3) is 3.66. The highest BCUT2D eigenvalue weighted by Gasteiger charge is 2.21. The first kappa shape index (κ1) is 15.6. The number of carbonyl (C=O) groups is 1. The van der Waals surface area contributed by atoms with Crippen LogP contribution in [0.4, 0.5) is 5.82 Å². The number of thiophene rings is 1. The fraction of sp³-hybridized carbons (Fsp3) is 0.333. The lowest BCUT2D eigenvalue weighted by Crippen LogP contribution is -2.40. The maximum absolute atomic E-state index is 12.1. The Balaban J connectivity index is 2.23. The molecular weight excluding hydrogens is 286 g/mol. The Morgan fingerprint density at radius 1 is 1.38 bits per heavy atom. The highest BCUT2D eigenvalue weighted by molar-refractivity contribution is 7.10. The molecule has 4 N–H and O–H groups in total. The minimum atomic E-state index is -0.815. The Hall–Kier alpha value is -1.76. The number of aliphatic hydroxyl groups is 1. The largest absolute Gasteiger partial charge is 0.383 e. The normalized spacial score (nSPS) is 14.0. The highest BCUT2D eigenvalue weighted by Crippen LogP contribution is 2.29. The summed E-state index contributed by atoms with van der Waals surface area (Å²) in [5.41, 5.74) is 6.39. The Morgan fingerprint density at radius 2 is 2.14 bits per heavy atom. The number of hydrogen-bond donors (Lipinski definition) is 3. The molecule has 1 unspecified atom stereocenters. The van der Waals surface area contributed by atoms with Crippen LogP contribution in [0.3, 0.4) is 0 Å². The minimum absolute atomic E-state index is 0.0272. The van der Waals surface area contributed by atoms with E-state index in [9.17, 15) is 9.90 Å². The number of nitrogens with zero attached hydrogens (tertiary/aromatic N) is 1. The third-order valence-corrected chi connectivity index (χ3v) is 4.13. The van der Waals surface area contributed by atoms with Crippen molar-refractivity contribution in [1.29, 1.82) is 0 Å². The predicted octanol–water partition coefficient (Wildman–Crippen LogP) is 2.15. The second kappa shape index (κ2) is 6.80. The van der Waals surface area contributed by atoms with Crippen LogP contribution in [-0.2, 0) is 4.79 Å². The quantitative estimate of drug-likeness (QED) is 0.789. The molecule has 2 atom stereocenters. The molecule has 0 aliphatic heterocycles. The van der Waals surface area contributed by atoms with E-state index < -0.39 is 12.1 Å². The molecule has 2 aromatic heterocycles. The van der Waals surface area contributed by atoms with E-state index in [2.05, 4.69) is 10.3 Å². The maximum atomic E-state index is 12.1. The number of hydrogen-bond acceptors (Lipinski definition) is 5. The van der Waals surface area contributed by atoms with Gasteiger partial charge >= 0.3 is 0 Å². The highest BCUT2D eigenvalue weighted by atomic mass is 32.1. The molecule has 0 saturated carbocycles. The van der Waals surface area contributed by atoms with E-state index in [1.165, 1.54) is 11.3 Å². The van der Waals surface area contributed by atoms with Gasteiger partial charge < -0.3 is 16.2 Å². The summed E-state index contributed by atoms with van der Waals surface area (Å²) in [5, 5.41) is 15.0. The van der Waals surface area contributed by atoms with Crippen LogP contribution in [0.1, 0.15) is 30.4 Å². The lowest BCUT2D eigenvalue weighted by Gasteiger charge is -2.18. The van der Waals surface area contributed by atoms with Crippen molar-refractivity contribution in [3.05, 3.63) is 46.3 Å². The summed E-state index contributed by atoms with van der Waals surface area (Å²) in [5.74, 6) is 0.0715. The second-order valence-electron chi connectivity index (χ2n) is 5.12. The van der Waals surface area contributed by atoms with Crippen LogP contribution in [-0.4, -0.2) is 22.0 Å². The lowest BCUT2D eigenvalue weighted by molar-refractivity contribution is -0.118. The number of anilines is 1. The first-order valence-electron chi connectivity index (χ1n) is 6.73. The molecule has 0 radical (unpaired) electrons. The topological polar surface area (TPSA) is 88.2 Å². The molecule has 6 heteroatoms. The molecule has 0 aromatic carbocycles. The zero-order valence-electron chi connectivity index (χ0n) is 12.0. The van der Waals surface area contributed by atoms with Gasteiger partial charge in [0, 0.05) is 16.6 Å². The van der Waals surface area contributed by atoms with Crippen LogP contribution >= 0.6 is 11.3 Å². The van der Waals surface area contributed by atoms with Gasteiger partial charge in [-0.2, -0.15) is 0 Å². The van der Waals surface area contributed by atoms with Crippen molar-refractivity contribution >= 4 is 23.1 Å². The van der Waals surface area contributed by atoms with Gasteiger partial charge in [0.1, 0.15) is 11.9 Å². The van der Waals surface area contributed by atoms with Crippen LogP contribution in [0.2, 0.25) is 0 Å². The molecule has 21 heavy (non-hydrogen) atoms. The van der Waals surface area contributed by atoms with E-state index in [0.717, 1.165) is 4.88 Å². The molecule has 0 aliphatic carbocycles. The van der Waals surface area contributed by atoms with Gasteiger partial charge in [0.05, 0.1) is 6.04 Å². The average molecular weight is 305 g/mol. The van der Waals surface area contributed by atoms with Crippen molar-refractivity contribution in [2.45, 2.75) is 26.0 Å². The van der Waals surface area contributed by atoms with Gasteiger partial charge in [-0.1, -0.05) is 26.0 Å². The zero-order valence-corrected chi connectivity index (χ0v) is 12.8. The Labute approximate surface area is 127 Å². The number of pyridine rings is 1. The molecule has 0 saturated heterocycles. The summed E-state index contributed by atoms with van der Waals surface area (Å²) in [6.45, 7) is 3.76. The van der Waals surface area contributed by atoms with Crippen LogP contribution in [0.5, 0.6) is 0 Å². The molecule has 0 bridgehead atoms. The summed E-state index contributed by atoms with van der Waals surface area (Å²) in [7, 11) is 0. The van der Waals surface area contributed by atoms with Crippen molar-refractivity contribution in [2.24, 2.45) is 11.7 Å². The molecule has 0 aliphatic rings. The van der Waals surface area contributed by atoms with E-state index in [1.54, 1.807) is 18.3 Å². The number of aromatic nitrogens is 1. The first-order chi connectivity index (χ1) is 10.0. The summed E-state index contributed by atoms with van der Waals surface area (Å²) in [6.07, 6.45) is 0.755. The van der Waals surface area contributed by atoms with Crippen molar-refractivity contribution in [3.8, 4) is 0 Å². The molecule has 2 heterocycles. The van der Waals surface area contributed by atoms with Crippen LogP contribution in [0.15, 0.2) is 35.8 Å². The summed E-state index contributed by atoms with van der Waals surface area (Å²) < 4.78 is 0. The number of rotatable bonds is 5. The second-order valence-corrected chi connectivity index (χ2v) is 6.10. The maximum Gasteiger partial charge on any atom is 0.242 e. The molecule has 0 spiro atoms. The van der Waals surface area contributed by atoms with E-state index in [1.807, 2.05) is 31.4 Å². The molecule has 2 aromatic rings. The molecule has 1 amide bonds. The Bertz CT molecular complexity index is 599. The Morgan fingerprint density at radius 3 is 2.76 bits per heavy atom. The summed E-state index contributed by atoms with van der Waals surface area (Å²) >= 11 is 1.45. The van der Waals surface area contributed by atoms with Gasteiger partial charge in [-0.05, 0) is 23.4 Å². The van der Waals surface area contributed by atoms with Gasteiger partial charge in [0.2, 0.25) is 5.91 Å². The molecule has 2 rings (SSSR count). The van der Waals surface area contributed by atoms with E-state index in [-0.39, 0.29) is 11.8 Å². The van der Waals surface area contributed by atoms with Crippen LogP contribution < -0.4 is 11.1 Å². The molecule has 0 fully saturated rings. The van der Waals surface area contributed by atoms with Crippen molar-refractivity contribution < 1.29 is 9.90 Å². The summed E-state index contributed by atoms with van der Waals surface area (Å²) in [6, 6.07) is 6.57. The van der Waals surface area contributed by atoms with Gasteiger partial charge in [-0.25, -0.2) is 4.98 Å². The number of nitrogens with one attached hydrogen (secondary N) is 1. The number of nitrogens with two attached hydrogens (primary N) is 1. The Kier molecular flexibility index (Phi) is 5.06. The van der Waals surface area contributed by atoms with Gasteiger partial charge in [0.15, 0.2) is 0 Å².